The zero-order chi connectivity index (χ0) is 17.8. The minimum Gasteiger partial charge on any atom is -0.422 e. The minimum atomic E-state index is -0.287. The van der Waals surface area contributed by atoms with Gasteiger partial charge in [-0.05, 0) is 42.5 Å². The van der Waals surface area contributed by atoms with Gasteiger partial charge in [-0.25, -0.2) is 4.79 Å². The lowest BCUT2D eigenvalue weighted by Gasteiger charge is -2.19. The molecule has 0 saturated heterocycles. The number of hydrogen-bond acceptors (Lipinski definition) is 3. The highest BCUT2D eigenvalue weighted by Gasteiger charge is 2.13. The van der Waals surface area contributed by atoms with E-state index in [1.165, 1.54) is 5.56 Å². The van der Waals surface area contributed by atoms with Crippen molar-refractivity contribution in [2.45, 2.75) is 46.2 Å². The summed E-state index contributed by atoms with van der Waals surface area (Å²) >= 11 is 0. The monoisotopic (exact) mass is 335 g/mol. The van der Waals surface area contributed by atoms with E-state index < -0.39 is 0 Å². The number of nitrogens with one attached hydrogen (secondary N) is 1. The highest BCUT2D eigenvalue weighted by atomic mass is 16.4. The van der Waals surface area contributed by atoms with Gasteiger partial charge in [-0.2, -0.15) is 0 Å². The number of benzene rings is 2. The molecule has 0 amide bonds. The third-order valence-electron chi connectivity index (χ3n) is 4.84. The Balaban J connectivity index is 1.92. The zero-order valence-electron chi connectivity index (χ0n) is 15.1. The molecule has 1 heterocycles. The van der Waals surface area contributed by atoms with Crippen molar-refractivity contribution in [1.29, 1.82) is 0 Å². The van der Waals surface area contributed by atoms with Crippen molar-refractivity contribution >= 4 is 11.0 Å². The van der Waals surface area contributed by atoms with E-state index in [1.807, 2.05) is 19.9 Å². The van der Waals surface area contributed by atoms with Gasteiger partial charge < -0.3 is 9.73 Å². The Bertz CT molecular complexity index is 912. The van der Waals surface area contributed by atoms with E-state index in [9.17, 15) is 4.79 Å². The van der Waals surface area contributed by atoms with Gasteiger partial charge in [0.25, 0.3) is 0 Å². The first-order valence-corrected chi connectivity index (χ1v) is 8.91. The summed E-state index contributed by atoms with van der Waals surface area (Å²) in [6.07, 6.45) is 2.16. The Labute approximate surface area is 148 Å². The molecule has 0 spiro atoms. The first-order chi connectivity index (χ1) is 12.1. The predicted octanol–water partition coefficient (Wildman–Crippen LogP) is 5.04. The van der Waals surface area contributed by atoms with Crippen LogP contribution in [0.2, 0.25) is 0 Å². The third kappa shape index (κ3) is 3.83. The summed E-state index contributed by atoms with van der Waals surface area (Å²) in [6, 6.07) is 16.5. The molecule has 130 valence electrons. The maximum atomic E-state index is 12.0. The van der Waals surface area contributed by atoms with Crippen molar-refractivity contribution in [2.24, 2.45) is 0 Å². The van der Waals surface area contributed by atoms with Gasteiger partial charge in [-0.1, -0.05) is 55.8 Å². The van der Waals surface area contributed by atoms with Gasteiger partial charge in [-0.3, -0.25) is 0 Å². The lowest BCUT2D eigenvalue weighted by atomic mass is 10.0. The molecular weight excluding hydrogens is 310 g/mol. The van der Waals surface area contributed by atoms with Gasteiger partial charge in [0.15, 0.2) is 0 Å². The predicted molar refractivity (Wildman–Crippen MR) is 103 cm³/mol. The van der Waals surface area contributed by atoms with Crippen LogP contribution >= 0.6 is 0 Å². The quantitative estimate of drug-likeness (QED) is 0.642. The zero-order valence-corrected chi connectivity index (χ0v) is 15.1. The van der Waals surface area contributed by atoms with E-state index in [0.29, 0.717) is 12.1 Å². The van der Waals surface area contributed by atoms with Crippen LogP contribution in [0.15, 0.2) is 57.7 Å². The fourth-order valence-corrected chi connectivity index (χ4v) is 3.26. The summed E-state index contributed by atoms with van der Waals surface area (Å²) in [5, 5.41) is 4.64. The number of rotatable bonds is 6. The Kier molecular flexibility index (Phi) is 5.34. The summed E-state index contributed by atoms with van der Waals surface area (Å²) in [5.41, 5.74) is 4.86. The molecule has 0 saturated carbocycles. The van der Waals surface area contributed by atoms with Crippen molar-refractivity contribution in [3.8, 4) is 0 Å². The summed E-state index contributed by atoms with van der Waals surface area (Å²) in [7, 11) is 0. The van der Waals surface area contributed by atoms with Gasteiger partial charge in [0.1, 0.15) is 5.58 Å². The molecule has 25 heavy (non-hydrogen) atoms. The topological polar surface area (TPSA) is 42.2 Å². The molecule has 3 heteroatoms. The molecule has 3 nitrogen and oxygen atoms in total. The van der Waals surface area contributed by atoms with Crippen LogP contribution < -0.4 is 10.9 Å². The second-order valence-corrected chi connectivity index (χ2v) is 6.61. The van der Waals surface area contributed by atoms with Gasteiger partial charge >= 0.3 is 5.63 Å². The van der Waals surface area contributed by atoms with Crippen molar-refractivity contribution in [2.75, 3.05) is 0 Å². The Morgan fingerprint density at radius 3 is 2.56 bits per heavy atom. The second kappa shape index (κ2) is 7.66. The van der Waals surface area contributed by atoms with Gasteiger partial charge in [0.05, 0.1) is 0 Å². The van der Waals surface area contributed by atoms with Crippen LogP contribution in [0, 0.1) is 13.8 Å². The van der Waals surface area contributed by atoms with Crippen molar-refractivity contribution in [3.63, 3.8) is 0 Å². The largest absolute Gasteiger partial charge is 0.422 e. The van der Waals surface area contributed by atoms with Crippen LogP contribution in [0.1, 0.15) is 48.1 Å². The van der Waals surface area contributed by atoms with Gasteiger partial charge in [0.2, 0.25) is 0 Å². The first-order valence-electron chi connectivity index (χ1n) is 8.91. The average molecular weight is 335 g/mol. The van der Waals surface area contributed by atoms with Gasteiger partial charge in [-0.15, -0.1) is 0 Å². The van der Waals surface area contributed by atoms with Crippen LogP contribution in [0.3, 0.4) is 0 Å². The van der Waals surface area contributed by atoms with Crippen LogP contribution in [0.5, 0.6) is 0 Å². The summed E-state index contributed by atoms with van der Waals surface area (Å²) in [4.78, 5) is 12.0. The lowest BCUT2D eigenvalue weighted by Crippen LogP contribution is -2.21. The number of aryl methyl sites for hydroxylation is 2. The fraction of sp³-hybridized carbons (Fsp3) is 0.318. The molecule has 0 bridgehead atoms. The molecule has 1 N–H and O–H groups in total. The molecule has 0 aliphatic rings. The SMILES string of the molecule is CCC[C@@H](NCc1cc(=O)oc2c(C)c(C)ccc12)c1ccccc1. The smallest absolute Gasteiger partial charge is 0.336 e. The molecule has 0 unspecified atom stereocenters. The van der Waals surface area contributed by atoms with E-state index in [4.69, 9.17) is 4.42 Å². The Morgan fingerprint density at radius 1 is 1.08 bits per heavy atom. The molecule has 0 aliphatic carbocycles. The maximum Gasteiger partial charge on any atom is 0.336 e. The van der Waals surface area contributed by atoms with E-state index in [1.54, 1.807) is 6.07 Å². The molecule has 0 fully saturated rings. The van der Waals surface area contributed by atoms with E-state index in [-0.39, 0.29) is 11.7 Å². The average Bonchev–Trinajstić information content (AvgIpc) is 2.62. The van der Waals surface area contributed by atoms with Crippen molar-refractivity contribution in [3.05, 3.63) is 81.2 Å². The Morgan fingerprint density at radius 2 is 1.84 bits per heavy atom. The summed E-state index contributed by atoms with van der Waals surface area (Å²) in [6.45, 7) is 6.87. The molecule has 1 atom stereocenters. The fourth-order valence-electron chi connectivity index (χ4n) is 3.26. The number of hydrogen-bond donors (Lipinski definition) is 1. The van der Waals surface area contributed by atoms with Gasteiger partial charge in [0, 0.05) is 24.0 Å². The van der Waals surface area contributed by atoms with Crippen molar-refractivity contribution in [1.82, 2.24) is 5.32 Å². The highest BCUT2D eigenvalue weighted by molar-refractivity contribution is 5.83. The molecule has 1 aromatic heterocycles. The Hall–Kier alpha value is -2.39. The third-order valence-corrected chi connectivity index (χ3v) is 4.84. The first kappa shape index (κ1) is 17.4. The van der Waals surface area contributed by atoms with E-state index >= 15 is 0 Å². The lowest BCUT2D eigenvalue weighted by molar-refractivity contribution is 0.491. The highest BCUT2D eigenvalue weighted by Crippen LogP contribution is 2.24. The second-order valence-electron chi connectivity index (χ2n) is 6.61. The van der Waals surface area contributed by atoms with Crippen molar-refractivity contribution < 1.29 is 4.42 Å². The van der Waals surface area contributed by atoms with Crippen LogP contribution in [-0.2, 0) is 6.54 Å². The standard InChI is InChI=1S/C22H25NO2/c1-4-8-20(17-9-6-5-7-10-17)23-14-18-13-21(24)25-22-16(3)15(2)11-12-19(18)22/h5-7,9-13,20,23H,4,8,14H2,1-3H3/t20-/m1/s1. The number of fused-ring (bicyclic) bond motifs is 1. The molecule has 3 aromatic rings. The van der Waals surface area contributed by atoms with Crippen LogP contribution in [0.25, 0.3) is 11.0 Å². The summed E-state index contributed by atoms with van der Waals surface area (Å²) < 4.78 is 5.47. The normalized spacial score (nSPS) is 12.4. The van der Waals surface area contributed by atoms with E-state index in [0.717, 1.165) is 34.9 Å². The molecule has 0 aliphatic heterocycles. The van der Waals surface area contributed by atoms with Crippen LogP contribution in [0.4, 0.5) is 0 Å². The van der Waals surface area contributed by atoms with E-state index in [2.05, 4.69) is 48.6 Å². The van der Waals surface area contributed by atoms with Crippen LogP contribution in [-0.4, -0.2) is 0 Å². The molecule has 3 rings (SSSR count). The maximum absolute atomic E-state index is 12.0. The summed E-state index contributed by atoms with van der Waals surface area (Å²) in [5.74, 6) is 0. The molecular formula is C22H25NO2. The molecule has 0 radical (unpaired) electrons. The molecule has 2 aromatic carbocycles. The minimum absolute atomic E-state index is 0.278.